The summed E-state index contributed by atoms with van der Waals surface area (Å²) in [5, 5.41) is 7.89. The van der Waals surface area contributed by atoms with Crippen molar-refractivity contribution in [2.45, 2.75) is 12.6 Å². The molecule has 12 heteroatoms. The van der Waals surface area contributed by atoms with Crippen LogP contribution in [0.15, 0.2) is 48.7 Å². The molecular formula is C22H21F3N5O4+. The van der Waals surface area contributed by atoms with E-state index in [0.717, 1.165) is 5.39 Å². The highest BCUT2D eigenvalue weighted by molar-refractivity contribution is 6.04. The van der Waals surface area contributed by atoms with Gasteiger partial charge in [0, 0.05) is 23.7 Å². The van der Waals surface area contributed by atoms with Crippen LogP contribution in [0.25, 0.3) is 16.6 Å². The van der Waals surface area contributed by atoms with Gasteiger partial charge < -0.3 is 11.1 Å². The molecule has 2 amide bonds. The van der Waals surface area contributed by atoms with Crippen LogP contribution >= 0.6 is 0 Å². The quantitative estimate of drug-likeness (QED) is 0.549. The monoisotopic (exact) mass is 476 g/mol. The number of benzene rings is 2. The van der Waals surface area contributed by atoms with E-state index in [9.17, 15) is 27.6 Å². The summed E-state index contributed by atoms with van der Waals surface area (Å²) in [6.45, 7) is 0.0345. The van der Waals surface area contributed by atoms with Gasteiger partial charge in [-0.3, -0.25) is 14.4 Å². The van der Waals surface area contributed by atoms with Gasteiger partial charge in [0.1, 0.15) is 25.7 Å². The standard InChI is InChI=1S/C22H20F3N5O4/c1-30(34-21(33)22(23,24)25)10-9-14(12-30)20(32)27-15-5-7-16(8-6-15)29-11-13-3-2-4-17(19(26)31)18(13)28-29/h2-8,11,14H,9-10,12H2,1H3,(H2-,26,27,31,32)/p+1/t14-,30?/m0/s1. The first kappa shape index (κ1) is 23.2. The molecule has 1 saturated heterocycles. The number of halogens is 3. The lowest BCUT2D eigenvalue weighted by Gasteiger charge is -2.25. The van der Waals surface area contributed by atoms with Crippen molar-refractivity contribution in [2.24, 2.45) is 11.7 Å². The van der Waals surface area contributed by atoms with Crippen molar-refractivity contribution in [1.29, 1.82) is 0 Å². The molecule has 2 aromatic carbocycles. The van der Waals surface area contributed by atoms with Crippen molar-refractivity contribution < 1.29 is 37.0 Å². The molecule has 34 heavy (non-hydrogen) atoms. The maximum atomic E-state index is 12.6. The van der Waals surface area contributed by atoms with Crippen LogP contribution in [-0.2, 0) is 14.4 Å². The molecule has 9 nitrogen and oxygen atoms in total. The molecular weight excluding hydrogens is 455 g/mol. The third-order valence-electron chi connectivity index (χ3n) is 5.66. The van der Waals surface area contributed by atoms with Gasteiger partial charge in [-0.2, -0.15) is 18.3 Å². The lowest BCUT2D eigenvalue weighted by atomic mass is 10.1. The number of aromatic nitrogens is 2. The van der Waals surface area contributed by atoms with Gasteiger partial charge in [-0.25, -0.2) is 9.48 Å². The van der Waals surface area contributed by atoms with Crippen molar-refractivity contribution >= 4 is 34.4 Å². The fourth-order valence-corrected chi connectivity index (χ4v) is 3.94. The summed E-state index contributed by atoms with van der Waals surface area (Å²) >= 11 is 0. The van der Waals surface area contributed by atoms with E-state index in [1.165, 1.54) is 7.05 Å². The van der Waals surface area contributed by atoms with Crippen LogP contribution in [0.4, 0.5) is 18.9 Å². The number of likely N-dealkylation sites (tertiary alicyclic amines) is 1. The van der Waals surface area contributed by atoms with Gasteiger partial charge in [0.25, 0.3) is 5.91 Å². The van der Waals surface area contributed by atoms with Crippen LogP contribution in [0.2, 0.25) is 0 Å². The zero-order valence-corrected chi connectivity index (χ0v) is 18.0. The number of anilines is 1. The van der Waals surface area contributed by atoms with E-state index in [1.54, 1.807) is 53.3 Å². The Bertz CT molecular complexity index is 1270. The second kappa shape index (κ2) is 8.45. The first-order chi connectivity index (χ1) is 15.9. The number of amides is 2. The third-order valence-corrected chi connectivity index (χ3v) is 5.66. The van der Waals surface area contributed by atoms with Crippen LogP contribution in [-0.4, -0.2) is 58.5 Å². The predicted octanol–water partition coefficient (Wildman–Crippen LogP) is 2.55. The van der Waals surface area contributed by atoms with E-state index in [-0.39, 0.29) is 25.4 Å². The second-order valence-electron chi connectivity index (χ2n) is 8.28. The van der Waals surface area contributed by atoms with Crippen molar-refractivity contribution in [2.75, 3.05) is 25.5 Å². The predicted molar refractivity (Wildman–Crippen MR) is 114 cm³/mol. The van der Waals surface area contributed by atoms with Gasteiger partial charge >= 0.3 is 12.1 Å². The number of quaternary nitrogens is 1. The van der Waals surface area contributed by atoms with E-state index in [2.05, 4.69) is 15.3 Å². The molecule has 0 saturated carbocycles. The lowest BCUT2D eigenvalue weighted by molar-refractivity contribution is -1.07. The average molecular weight is 476 g/mol. The highest BCUT2D eigenvalue weighted by Gasteiger charge is 2.50. The molecule has 1 fully saturated rings. The highest BCUT2D eigenvalue weighted by Crippen LogP contribution is 2.28. The average Bonchev–Trinajstić information content (AvgIpc) is 3.37. The summed E-state index contributed by atoms with van der Waals surface area (Å²) in [6.07, 6.45) is -3.08. The van der Waals surface area contributed by atoms with Crippen LogP contribution in [0.1, 0.15) is 16.8 Å². The number of primary amides is 1. The first-order valence-electron chi connectivity index (χ1n) is 10.3. The largest absolute Gasteiger partial charge is 0.497 e. The Morgan fingerprint density at radius 1 is 1.18 bits per heavy atom. The van der Waals surface area contributed by atoms with Crippen molar-refractivity contribution in [3.63, 3.8) is 0 Å². The van der Waals surface area contributed by atoms with Crippen molar-refractivity contribution in [3.8, 4) is 5.69 Å². The van der Waals surface area contributed by atoms with E-state index >= 15 is 0 Å². The zero-order chi connectivity index (χ0) is 24.7. The molecule has 0 bridgehead atoms. The Morgan fingerprint density at radius 2 is 1.88 bits per heavy atom. The van der Waals surface area contributed by atoms with E-state index in [1.807, 2.05) is 0 Å². The fourth-order valence-electron chi connectivity index (χ4n) is 3.94. The molecule has 1 unspecified atom stereocenters. The topological polar surface area (TPSA) is 116 Å². The minimum atomic E-state index is -5.09. The number of hydroxylamine groups is 3. The number of carbonyl (C=O) groups excluding carboxylic acids is 3. The van der Waals surface area contributed by atoms with Crippen molar-refractivity contribution in [3.05, 3.63) is 54.2 Å². The van der Waals surface area contributed by atoms with E-state index in [0.29, 0.717) is 22.5 Å². The number of alkyl halides is 3. The smallest absolute Gasteiger partial charge is 0.366 e. The normalized spacial score (nSPS) is 20.3. The molecule has 2 heterocycles. The minimum Gasteiger partial charge on any atom is -0.366 e. The summed E-state index contributed by atoms with van der Waals surface area (Å²) in [4.78, 5) is 39.9. The van der Waals surface area contributed by atoms with Gasteiger partial charge in [0.2, 0.25) is 5.91 Å². The molecule has 3 N–H and O–H groups in total. The number of nitrogens with zero attached hydrogens (tertiary/aromatic N) is 3. The Morgan fingerprint density at radius 3 is 2.53 bits per heavy atom. The molecule has 1 aromatic heterocycles. The Kier molecular flexibility index (Phi) is 5.77. The van der Waals surface area contributed by atoms with Gasteiger partial charge in [-0.05, 0) is 30.3 Å². The number of hydrogen-bond donors (Lipinski definition) is 2. The first-order valence-corrected chi connectivity index (χ1v) is 10.3. The molecule has 178 valence electrons. The number of carbonyl (C=O) groups is 3. The summed E-state index contributed by atoms with van der Waals surface area (Å²) in [7, 11) is 1.34. The number of hydrogen-bond acceptors (Lipinski definition) is 5. The van der Waals surface area contributed by atoms with Crippen molar-refractivity contribution in [1.82, 2.24) is 9.78 Å². The molecule has 0 aliphatic carbocycles. The fraction of sp³-hybridized carbons (Fsp3) is 0.273. The highest BCUT2D eigenvalue weighted by atomic mass is 19.4. The van der Waals surface area contributed by atoms with Gasteiger partial charge in [0.05, 0.1) is 17.2 Å². The van der Waals surface area contributed by atoms with E-state index < -0.39 is 28.6 Å². The number of nitrogens with two attached hydrogens (primary N) is 1. The molecule has 0 spiro atoms. The Balaban J connectivity index is 1.42. The van der Waals surface area contributed by atoms with Gasteiger partial charge in [0.15, 0.2) is 0 Å². The maximum Gasteiger partial charge on any atom is 0.497 e. The summed E-state index contributed by atoms with van der Waals surface area (Å²) in [6, 6.07) is 11.8. The summed E-state index contributed by atoms with van der Waals surface area (Å²) < 4.78 is 38.5. The number of fused-ring (bicyclic) bond motifs is 1. The number of nitrogens with one attached hydrogen (secondary N) is 1. The van der Waals surface area contributed by atoms with Crippen LogP contribution in [0, 0.1) is 5.92 Å². The van der Waals surface area contributed by atoms with Gasteiger partial charge in [-0.15, -0.1) is 4.65 Å². The van der Waals surface area contributed by atoms with Crippen LogP contribution in [0.5, 0.6) is 0 Å². The Hall–Kier alpha value is -3.93. The summed E-state index contributed by atoms with van der Waals surface area (Å²) in [5.41, 5.74) is 7.34. The van der Waals surface area contributed by atoms with E-state index in [4.69, 9.17) is 5.73 Å². The Labute approximate surface area is 191 Å². The molecule has 4 rings (SSSR count). The molecule has 3 aromatic rings. The van der Waals surface area contributed by atoms with Crippen LogP contribution in [0.3, 0.4) is 0 Å². The SMILES string of the molecule is C[N+]1(OC(=O)C(F)(F)F)CC[C@H](C(=O)Nc2ccc(-n3cc4cccc(C(N)=O)c4n3)cc2)C1. The zero-order valence-electron chi connectivity index (χ0n) is 18.0. The molecule has 1 aliphatic heterocycles. The second-order valence-corrected chi connectivity index (χ2v) is 8.28. The third kappa shape index (κ3) is 4.71. The molecule has 2 atom stereocenters. The lowest BCUT2D eigenvalue weighted by Crippen LogP contribution is -2.47. The summed E-state index contributed by atoms with van der Waals surface area (Å²) in [5.74, 6) is -3.85. The maximum absolute atomic E-state index is 12.6. The van der Waals surface area contributed by atoms with Gasteiger partial charge in [-0.1, -0.05) is 12.1 Å². The molecule has 0 radical (unpaired) electrons. The molecule has 1 aliphatic rings. The number of rotatable bonds is 5. The van der Waals surface area contributed by atoms with Crippen LogP contribution < -0.4 is 11.1 Å². The minimum absolute atomic E-state index is 0.0617.